The molecule has 0 N–H and O–H groups in total. The third-order valence-electron chi connectivity index (χ3n) is 4.17. The number of pyridine rings is 2. The van der Waals surface area contributed by atoms with Crippen molar-refractivity contribution in [1.29, 1.82) is 0 Å². The van der Waals surface area contributed by atoms with Crippen molar-refractivity contribution >= 4 is 0 Å². The molecule has 4 aromatic rings. The summed E-state index contributed by atoms with van der Waals surface area (Å²) in [6.45, 7) is 1.97. The second-order valence-electron chi connectivity index (χ2n) is 5.91. The predicted octanol–water partition coefficient (Wildman–Crippen LogP) is 5.05. The summed E-state index contributed by atoms with van der Waals surface area (Å²) in [5.74, 6) is -0.267. The maximum Gasteiger partial charge on any atom is 0.125 e. The molecule has 0 atom stereocenters. The van der Waals surface area contributed by atoms with Crippen LogP contribution in [0, 0.1) is 12.7 Å². The first-order valence-electron chi connectivity index (χ1n) is 8.02. The van der Waals surface area contributed by atoms with E-state index in [2.05, 4.69) is 9.97 Å². The van der Waals surface area contributed by atoms with Crippen LogP contribution < -0.4 is 0 Å². The highest BCUT2D eigenvalue weighted by Gasteiger charge is 2.08. The van der Waals surface area contributed by atoms with E-state index in [1.54, 1.807) is 24.7 Å². The van der Waals surface area contributed by atoms with Gasteiger partial charge in [-0.3, -0.25) is 9.97 Å². The van der Waals surface area contributed by atoms with Crippen LogP contribution in [0.3, 0.4) is 0 Å². The first-order chi connectivity index (χ1) is 12.2. The summed E-state index contributed by atoms with van der Waals surface area (Å²) in [7, 11) is 0. The molecule has 1 aromatic carbocycles. The molecule has 0 spiro atoms. The van der Waals surface area contributed by atoms with Crippen LogP contribution >= 0.6 is 0 Å². The highest BCUT2D eigenvalue weighted by Crippen LogP contribution is 2.27. The standard InChI is InChI=1S/C21H16FN3/c1-15-13-23-8-5-20(15)17-10-18(22)12-19(11-17)25-9-6-16(14-25)21-4-2-3-7-24-21/h2-14H,1H3. The second kappa shape index (κ2) is 6.32. The van der Waals surface area contributed by atoms with Crippen LogP contribution in [0.2, 0.25) is 0 Å². The smallest absolute Gasteiger partial charge is 0.125 e. The van der Waals surface area contributed by atoms with E-state index in [1.807, 2.05) is 60.3 Å². The first-order valence-corrected chi connectivity index (χ1v) is 8.02. The molecule has 3 aromatic heterocycles. The van der Waals surface area contributed by atoms with Gasteiger partial charge in [0.2, 0.25) is 0 Å². The van der Waals surface area contributed by atoms with Crippen LogP contribution in [0.4, 0.5) is 4.39 Å². The molecule has 0 aliphatic rings. The lowest BCUT2D eigenvalue weighted by molar-refractivity contribution is 0.627. The minimum absolute atomic E-state index is 0.267. The van der Waals surface area contributed by atoms with E-state index in [0.29, 0.717) is 0 Å². The first kappa shape index (κ1) is 15.3. The number of aromatic nitrogens is 3. The summed E-state index contributed by atoms with van der Waals surface area (Å²) in [6, 6.07) is 14.7. The van der Waals surface area contributed by atoms with E-state index in [1.165, 1.54) is 6.07 Å². The van der Waals surface area contributed by atoms with Gasteiger partial charge in [0.1, 0.15) is 5.82 Å². The third-order valence-corrected chi connectivity index (χ3v) is 4.17. The zero-order valence-electron chi connectivity index (χ0n) is 13.7. The summed E-state index contributed by atoms with van der Waals surface area (Å²) < 4.78 is 16.1. The average molecular weight is 329 g/mol. The summed E-state index contributed by atoms with van der Waals surface area (Å²) in [4.78, 5) is 8.46. The molecule has 4 heteroatoms. The average Bonchev–Trinajstić information content (AvgIpc) is 3.12. The van der Waals surface area contributed by atoms with Gasteiger partial charge in [-0.2, -0.15) is 0 Å². The number of rotatable bonds is 3. The predicted molar refractivity (Wildman–Crippen MR) is 96.9 cm³/mol. The van der Waals surface area contributed by atoms with Gasteiger partial charge in [0.15, 0.2) is 0 Å². The zero-order valence-corrected chi connectivity index (χ0v) is 13.7. The Morgan fingerprint density at radius 1 is 0.960 bits per heavy atom. The van der Waals surface area contributed by atoms with Gasteiger partial charge in [0.25, 0.3) is 0 Å². The number of hydrogen-bond donors (Lipinski definition) is 0. The Hall–Kier alpha value is -3.27. The molecular weight excluding hydrogens is 313 g/mol. The number of benzene rings is 1. The molecule has 3 heterocycles. The summed E-state index contributed by atoms with van der Waals surface area (Å²) in [5.41, 5.74) is 5.49. The topological polar surface area (TPSA) is 30.7 Å². The summed E-state index contributed by atoms with van der Waals surface area (Å²) in [6.07, 6.45) is 9.15. The SMILES string of the molecule is Cc1cnccc1-c1cc(F)cc(-n2ccc(-c3ccccn3)c2)c1. The molecule has 0 saturated carbocycles. The van der Waals surface area contributed by atoms with E-state index in [9.17, 15) is 4.39 Å². The van der Waals surface area contributed by atoms with Crippen molar-refractivity contribution in [2.75, 3.05) is 0 Å². The zero-order chi connectivity index (χ0) is 17.2. The minimum Gasteiger partial charge on any atom is -0.323 e. The Morgan fingerprint density at radius 3 is 2.68 bits per heavy atom. The minimum atomic E-state index is -0.267. The number of halogens is 1. The van der Waals surface area contributed by atoms with Crippen molar-refractivity contribution in [2.45, 2.75) is 6.92 Å². The number of aryl methyl sites for hydroxylation is 1. The maximum atomic E-state index is 14.2. The summed E-state index contributed by atoms with van der Waals surface area (Å²) in [5, 5.41) is 0. The van der Waals surface area contributed by atoms with E-state index in [-0.39, 0.29) is 5.82 Å². The van der Waals surface area contributed by atoms with Crippen LogP contribution in [0.1, 0.15) is 5.56 Å². The molecule has 0 unspecified atom stereocenters. The Bertz CT molecular complexity index is 1020. The molecule has 0 saturated heterocycles. The van der Waals surface area contributed by atoms with E-state index >= 15 is 0 Å². The van der Waals surface area contributed by atoms with Crippen LogP contribution in [0.15, 0.2) is 79.5 Å². The van der Waals surface area contributed by atoms with Gasteiger partial charge in [0, 0.05) is 42.2 Å². The lowest BCUT2D eigenvalue weighted by Gasteiger charge is -2.09. The third kappa shape index (κ3) is 3.06. The van der Waals surface area contributed by atoms with Gasteiger partial charge < -0.3 is 4.57 Å². The van der Waals surface area contributed by atoms with Crippen molar-refractivity contribution in [2.24, 2.45) is 0 Å². The molecule has 0 bridgehead atoms. The molecular formula is C21H16FN3. The van der Waals surface area contributed by atoms with E-state index in [0.717, 1.165) is 33.6 Å². The summed E-state index contributed by atoms with van der Waals surface area (Å²) >= 11 is 0. The Kier molecular flexibility index (Phi) is 3.86. The van der Waals surface area contributed by atoms with Crippen molar-refractivity contribution in [3.05, 3.63) is 90.9 Å². The fraction of sp³-hybridized carbons (Fsp3) is 0.0476. The normalized spacial score (nSPS) is 10.8. The second-order valence-corrected chi connectivity index (χ2v) is 5.91. The largest absolute Gasteiger partial charge is 0.323 e. The van der Waals surface area contributed by atoms with Crippen LogP contribution in [-0.2, 0) is 0 Å². The molecule has 25 heavy (non-hydrogen) atoms. The Labute approximate surface area is 145 Å². The van der Waals surface area contributed by atoms with Crippen molar-refractivity contribution in [1.82, 2.24) is 14.5 Å². The van der Waals surface area contributed by atoms with Gasteiger partial charge in [-0.15, -0.1) is 0 Å². The van der Waals surface area contributed by atoms with Gasteiger partial charge >= 0.3 is 0 Å². The maximum absolute atomic E-state index is 14.2. The Balaban J connectivity index is 1.77. The number of nitrogens with zero attached hydrogens (tertiary/aromatic N) is 3. The fourth-order valence-electron chi connectivity index (χ4n) is 2.92. The fourth-order valence-corrected chi connectivity index (χ4v) is 2.92. The monoisotopic (exact) mass is 329 g/mol. The lowest BCUT2D eigenvalue weighted by atomic mass is 10.0. The molecule has 3 nitrogen and oxygen atoms in total. The van der Waals surface area contributed by atoms with Gasteiger partial charge in [0.05, 0.1) is 5.69 Å². The number of hydrogen-bond acceptors (Lipinski definition) is 2. The van der Waals surface area contributed by atoms with Gasteiger partial charge in [-0.1, -0.05) is 6.07 Å². The lowest BCUT2D eigenvalue weighted by Crippen LogP contribution is -1.94. The van der Waals surface area contributed by atoms with Crippen molar-refractivity contribution < 1.29 is 4.39 Å². The molecule has 4 rings (SSSR count). The molecule has 0 amide bonds. The van der Waals surface area contributed by atoms with Crippen LogP contribution in [-0.4, -0.2) is 14.5 Å². The highest BCUT2D eigenvalue weighted by molar-refractivity contribution is 5.69. The Morgan fingerprint density at radius 2 is 1.88 bits per heavy atom. The van der Waals surface area contributed by atoms with E-state index in [4.69, 9.17) is 0 Å². The molecule has 0 aliphatic carbocycles. The quantitative estimate of drug-likeness (QED) is 0.526. The van der Waals surface area contributed by atoms with E-state index < -0.39 is 0 Å². The van der Waals surface area contributed by atoms with Gasteiger partial charge in [-0.05, 0) is 66.1 Å². The molecule has 122 valence electrons. The van der Waals surface area contributed by atoms with Crippen molar-refractivity contribution in [3.63, 3.8) is 0 Å². The van der Waals surface area contributed by atoms with Crippen molar-refractivity contribution in [3.8, 4) is 28.1 Å². The molecule has 0 fully saturated rings. The molecule has 0 aliphatic heterocycles. The van der Waals surface area contributed by atoms with Crippen LogP contribution in [0.5, 0.6) is 0 Å². The highest BCUT2D eigenvalue weighted by atomic mass is 19.1. The molecule has 0 radical (unpaired) electrons. The van der Waals surface area contributed by atoms with Gasteiger partial charge in [-0.25, -0.2) is 4.39 Å². The van der Waals surface area contributed by atoms with Crippen LogP contribution in [0.25, 0.3) is 28.1 Å².